The van der Waals surface area contributed by atoms with Crippen LogP contribution in [0, 0.1) is 0 Å². The van der Waals surface area contributed by atoms with Crippen LogP contribution >= 0.6 is 11.3 Å². The van der Waals surface area contributed by atoms with Crippen molar-refractivity contribution in [2.75, 3.05) is 0 Å². The topological polar surface area (TPSA) is 25.8 Å². The van der Waals surface area contributed by atoms with Gasteiger partial charge in [0.15, 0.2) is 5.82 Å². The van der Waals surface area contributed by atoms with E-state index in [-0.39, 0.29) is 0 Å². The Bertz CT molecular complexity index is 2560. The molecule has 3 heteroatoms. The van der Waals surface area contributed by atoms with Gasteiger partial charge in [0.05, 0.1) is 11.4 Å². The molecule has 7 aromatic carbocycles. The van der Waals surface area contributed by atoms with Gasteiger partial charge in [-0.1, -0.05) is 133 Å². The van der Waals surface area contributed by atoms with E-state index in [0.29, 0.717) is 0 Å². The number of fused-ring (bicyclic) bond motifs is 4. The lowest BCUT2D eigenvalue weighted by Gasteiger charge is -2.14. The fourth-order valence-corrected chi connectivity index (χ4v) is 7.68. The average Bonchev–Trinajstić information content (AvgIpc) is 3.53. The molecule has 2 heterocycles. The largest absolute Gasteiger partial charge is 0.228 e. The van der Waals surface area contributed by atoms with E-state index in [1.807, 2.05) is 17.4 Å². The molecule has 47 heavy (non-hydrogen) atoms. The summed E-state index contributed by atoms with van der Waals surface area (Å²) in [7, 11) is 0. The van der Waals surface area contributed by atoms with Crippen LogP contribution in [0.15, 0.2) is 170 Å². The van der Waals surface area contributed by atoms with Crippen molar-refractivity contribution >= 4 is 42.3 Å². The predicted octanol–water partition coefficient (Wildman–Crippen LogP) is 12.3. The van der Waals surface area contributed by atoms with Crippen LogP contribution in [0.3, 0.4) is 0 Å². The maximum atomic E-state index is 5.29. The van der Waals surface area contributed by atoms with Gasteiger partial charge in [0.25, 0.3) is 0 Å². The standard InChI is InChI=1S/C44H28N2S/c1-3-12-29(13-4-1)33-24-34(32-22-23-38-37-19-9-10-21-42(37)47-43(38)27-32)26-35(25-33)41-28-40(31-15-5-2-6-16-31)45-44(46-41)39-20-11-17-30-14-7-8-18-36(30)39/h1-28H. The molecule has 0 amide bonds. The number of thiophene rings is 1. The highest BCUT2D eigenvalue weighted by molar-refractivity contribution is 7.25. The summed E-state index contributed by atoms with van der Waals surface area (Å²) in [6, 6.07) is 60.3. The van der Waals surface area contributed by atoms with Gasteiger partial charge in [-0.3, -0.25) is 0 Å². The summed E-state index contributed by atoms with van der Waals surface area (Å²) < 4.78 is 2.61. The quantitative estimate of drug-likeness (QED) is 0.192. The van der Waals surface area contributed by atoms with E-state index in [1.165, 1.54) is 36.7 Å². The molecular formula is C44H28N2S. The summed E-state index contributed by atoms with van der Waals surface area (Å²) in [6.07, 6.45) is 0. The van der Waals surface area contributed by atoms with Crippen molar-refractivity contribution in [3.8, 4) is 56.2 Å². The minimum Gasteiger partial charge on any atom is -0.228 e. The molecule has 9 aromatic rings. The molecule has 0 N–H and O–H groups in total. The molecule has 0 spiro atoms. The molecular weight excluding hydrogens is 589 g/mol. The molecule has 9 rings (SSSR count). The Kier molecular flexibility index (Phi) is 6.69. The summed E-state index contributed by atoms with van der Waals surface area (Å²) in [4.78, 5) is 10.4. The maximum Gasteiger partial charge on any atom is 0.161 e. The summed E-state index contributed by atoms with van der Waals surface area (Å²) in [5, 5.41) is 4.93. The Morgan fingerprint density at radius 1 is 0.340 bits per heavy atom. The number of aromatic nitrogens is 2. The second-order valence-electron chi connectivity index (χ2n) is 11.8. The molecule has 2 nitrogen and oxygen atoms in total. The Morgan fingerprint density at radius 2 is 0.936 bits per heavy atom. The number of nitrogens with zero attached hydrogens (tertiary/aromatic N) is 2. The predicted molar refractivity (Wildman–Crippen MR) is 200 cm³/mol. The van der Waals surface area contributed by atoms with Crippen LogP contribution in [-0.4, -0.2) is 9.97 Å². The first-order valence-corrected chi connectivity index (χ1v) is 16.6. The monoisotopic (exact) mass is 616 g/mol. The molecule has 220 valence electrons. The van der Waals surface area contributed by atoms with Crippen LogP contribution in [0.4, 0.5) is 0 Å². The minimum atomic E-state index is 0.719. The van der Waals surface area contributed by atoms with Gasteiger partial charge < -0.3 is 0 Å². The molecule has 0 aliphatic heterocycles. The highest BCUT2D eigenvalue weighted by Crippen LogP contribution is 2.39. The van der Waals surface area contributed by atoms with E-state index in [9.17, 15) is 0 Å². The molecule has 0 saturated heterocycles. The summed E-state index contributed by atoms with van der Waals surface area (Å²) in [5.74, 6) is 0.719. The lowest BCUT2D eigenvalue weighted by molar-refractivity contribution is 1.19. The van der Waals surface area contributed by atoms with E-state index in [1.54, 1.807) is 0 Å². The fourth-order valence-electron chi connectivity index (χ4n) is 6.54. The van der Waals surface area contributed by atoms with E-state index < -0.39 is 0 Å². The van der Waals surface area contributed by atoms with Crippen molar-refractivity contribution in [2.24, 2.45) is 0 Å². The van der Waals surface area contributed by atoms with Crippen molar-refractivity contribution in [2.45, 2.75) is 0 Å². The lowest BCUT2D eigenvalue weighted by atomic mass is 9.94. The Morgan fingerprint density at radius 3 is 1.74 bits per heavy atom. The molecule has 0 aliphatic carbocycles. The van der Waals surface area contributed by atoms with Crippen molar-refractivity contribution in [1.29, 1.82) is 0 Å². The van der Waals surface area contributed by atoms with Crippen molar-refractivity contribution < 1.29 is 0 Å². The maximum absolute atomic E-state index is 5.29. The Labute approximate surface area is 277 Å². The van der Waals surface area contributed by atoms with Gasteiger partial charge >= 0.3 is 0 Å². The molecule has 2 aromatic heterocycles. The van der Waals surface area contributed by atoms with Gasteiger partial charge in [-0.2, -0.15) is 0 Å². The summed E-state index contributed by atoms with van der Waals surface area (Å²) in [5.41, 5.74) is 9.61. The third-order valence-electron chi connectivity index (χ3n) is 8.87. The van der Waals surface area contributed by atoms with Gasteiger partial charge in [-0.15, -0.1) is 11.3 Å². The second kappa shape index (κ2) is 11.5. The first kappa shape index (κ1) is 27.4. The number of hydrogen-bond donors (Lipinski definition) is 0. The molecule has 0 atom stereocenters. The third-order valence-corrected chi connectivity index (χ3v) is 10.0. The molecule has 0 fully saturated rings. The Hall–Kier alpha value is -5.90. The third kappa shape index (κ3) is 5.07. The minimum absolute atomic E-state index is 0.719. The number of hydrogen-bond acceptors (Lipinski definition) is 3. The van der Waals surface area contributed by atoms with E-state index in [4.69, 9.17) is 9.97 Å². The van der Waals surface area contributed by atoms with Gasteiger partial charge in [-0.25, -0.2) is 9.97 Å². The molecule has 0 saturated carbocycles. The van der Waals surface area contributed by atoms with Gasteiger partial charge in [0.2, 0.25) is 0 Å². The van der Waals surface area contributed by atoms with Gasteiger partial charge in [0.1, 0.15) is 0 Å². The summed E-state index contributed by atoms with van der Waals surface area (Å²) >= 11 is 1.85. The van der Waals surface area contributed by atoms with Crippen molar-refractivity contribution in [3.05, 3.63) is 170 Å². The zero-order valence-electron chi connectivity index (χ0n) is 25.5. The normalized spacial score (nSPS) is 11.4. The zero-order valence-corrected chi connectivity index (χ0v) is 26.3. The van der Waals surface area contributed by atoms with Crippen molar-refractivity contribution in [3.63, 3.8) is 0 Å². The van der Waals surface area contributed by atoms with E-state index in [2.05, 4.69) is 164 Å². The smallest absolute Gasteiger partial charge is 0.161 e. The number of rotatable bonds is 5. The van der Waals surface area contributed by atoms with Gasteiger partial charge in [0, 0.05) is 36.9 Å². The number of benzene rings is 7. The highest BCUT2D eigenvalue weighted by atomic mass is 32.1. The summed E-state index contributed by atoms with van der Waals surface area (Å²) in [6.45, 7) is 0. The van der Waals surface area contributed by atoms with Crippen LogP contribution in [-0.2, 0) is 0 Å². The van der Waals surface area contributed by atoms with Crippen LogP contribution in [0.25, 0.3) is 87.1 Å². The first-order chi connectivity index (χ1) is 23.3. The fraction of sp³-hybridized carbons (Fsp3) is 0. The molecule has 0 unspecified atom stereocenters. The molecule has 0 radical (unpaired) electrons. The second-order valence-corrected chi connectivity index (χ2v) is 12.9. The van der Waals surface area contributed by atoms with E-state index in [0.717, 1.165) is 50.4 Å². The van der Waals surface area contributed by atoms with Crippen LogP contribution in [0.5, 0.6) is 0 Å². The van der Waals surface area contributed by atoms with Crippen LogP contribution in [0.2, 0.25) is 0 Å². The average molecular weight is 617 g/mol. The van der Waals surface area contributed by atoms with Crippen LogP contribution in [0.1, 0.15) is 0 Å². The zero-order chi connectivity index (χ0) is 31.2. The molecule has 0 bridgehead atoms. The first-order valence-electron chi connectivity index (χ1n) is 15.8. The molecule has 0 aliphatic rings. The lowest BCUT2D eigenvalue weighted by Crippen LogP contribution is -1.97. The SMILES string of the molecule is c1ccc(-c2cc(-c3ccc4c(c3)sc3ccccc34)cc(-c3cc(-c4ccccc4)nc(-c4cccc5ccccc45)n3)c2)cc1. The van der Waals surface area contributed by atoms with Gasteiger partial charge in [-0.05, 0) is 69.4 Å². The highest BCUT2D eigenvalue weighted by Gasteiger charge is 2.15. The van der Waals surface area contributed by atoms with E-state index >= 15 is 0 Å². The Balaban J connectivity index is 1.27. The van der Waals surface area contributed by atoms with Crippen LogP contribution < -0.4 is 0 Å². The van der Waals surface area contributed by atoms with Crippen molar-refractivity contribution in [1.82, 2.24) is 9.97 Å².